The molecule has 0 fully saturated rings. The van der Waals surface area contributed by atoms with Gasteiger partial charge in [0.1, 0.15) is 17.2 Å². The number of ketones is 1. The van der Waals surface area contributed by atoms with Crippen molar-refractivity contribution in [2.45, 2.75) is 5.16 Å². The van der Waals surface area contributed by atoms with Crippen LogP contribution in [0, 0.1) is 0 Å². The molecule has 0 spiro atoms. The second-order valence-corrected chi connectivity index (χ2v) is 6.33. The lowest BCUT2D eigenvalue weighted by Gasteiger charge is -2.09. The number of aromatic nitrogens is 4. The highest BCUT2D eigenvalue weighted by Crippen LogP contribution is 2.27. The molecule has 0 unspecified atom stereocenters. The molecule has 8 nitrogen and oxygen atoms in total. The van der Waals surface area contributed by atoms with E-state index in [2.05, 4.69) is 15.5 Å². The monoisotopic (exact) mass is 386 g/mol. The number of hydrogen-bond donors (Lipinski definition) is 0. The summed E-state index contributed by atoms with van der Waals surface area (Å²) in [7, 11) is 4.72. The van der Waals surface area contributed by atoms with Crippen LogP contribution in [0.5, 0.6) is 17.2 Å². The lowest BCUT2D eigenvalue weighted by Crippen LogP contribution is -2.05. The smallest absolute Gasteiger partial charge is 0.214 e. The van der Waals surface area contributed by atoms with Crippen LogP contribution in [0.15, 0.2) is 47.6 Å². The molecule has 1 heterocycles. The lowest BCUT2D eigenvalue weighted by atomic mass is 10.1. The molecule has 0 atom stereocenters. The molecule has 1 aromatic heterocycles. The van der Waals surface area contributed by atoms with E-state index in [0.717, 1.165) is 0 Å². The van der Waals surface area contributed by atoms with E-state index in [0.29, 0.717) is 33.7 Å². The van der Waals surface area contributed by atoms with Crippen LogP contribution < -0.4 is 14.2 Å². The van der Waals surface area contributed by atoms with Crippen molar-refractivity contribution in [1.29, 1.82) is 0 Å². The molecule has 0 saturated heterocycles. The second kappa shape index (κ2) is 8.54. The van der Waals surface area contributed by atoms with E-state index < -0.39 is 0 Å². The van der Waals surface area contributed by atoms with Gasteiger partial charge in [0.2, 0.25) is 5.16 Å². The number of carbonyl (C=O) groups excluding carboxylic acids is 1. The van der Waals surface area contributed by atoms with Crippen molar-refractivity contribution in [1.82, 2.24) is 20.2 Å². The van der Waals surface area contributed by atoms with E-state index in [-0.39, 0.29) is 11.5 Å². The number of nitrogens with zero attached hydrogens (tertiary/aromatic N) is 4. The van der Waals surface area contributed by atoms with Gasteiger partial charge in [0, 0.05) is 23.8 Å². The number of tetrazole rings is 1. The van der Waals surface area contributed by atoms with E-state index >= 15 is 0 Å². The van der Waals surface area contributed by atoms with Gasteiger partial charge in [-0.3, -0.25) is 4.79 Å². The van der Waals surface area contributed by atoms with E-state index in [9.17, 15) is 4.79 Å². The summed E-state index contributed by atoms with van der Waals surface area (Å²) in [6, 6.07) is 12.3. The van der Waals surface area contributed by atoms with E-state index in [1.807, 2.05) is 0 Å². The van der Waals surface area contributed by atoms with Crippen LogP contribution in [0.4, 0.5) is 0 Å². The maximum Gasteiger partial charge on any atom is 0.214 e. The van der Waals surface area contributed by atoms with Crippen LogP contribution in [0.1, 0.15) is 10.4 Å². The highest BCUT2D eigenvalue weighted by molar-refractivity contribution is 7.99. The Bertz CT molecular complexity index is 905. The number of benzene rings is 2. The first kappa shape index (κ1) is 18.7. The zero-order valence-corrected chi connectivity index (χ0v) is 15.9. The molecular formula is C18H18N4O4S. The Kier molecular flexibility index (Phi) is 5.92. The van der Waals surface area contributed by atoms with Crippen LogP contribution in [0.25, 0.3) is 5.69 Å². The molecule has 0 aliphatic heterocycles. The molecular weight excluding hydrogens is 368 g/mol. The highest BCUT2D eigenvalue weighted by Gasteiger charge is 2.14. The topological polar surface area (TPSA) is 88.4 Å². The first-order valence-electron chi connectivity index (χ1n) is 7.96. The summed E-state index contributed by atoms with van der Waals surface area (Å²) in [4.78, 5) is 12.4. The quantitative estimate of drug-likeness (QED) is 0.431. The minimum Gasteiger partial charge on any atom is -0.497 e. The number of ether oxygens (including phenoxy) is 3. The van der Waals surface area contributed by atoms with Gasteiger partial charge in [0.15, 0.2) is 5.78 Å². The molecule has 0 bridgehead atoms. The van der Waals surface area contributed by atoms with Gasteiger partial charge in [0.05, 0.1) is 32.8 Å². The van der Waals surface area contributed by atoms with Gasteiger partial charge in [-0.2, -0.15) is 4.68 Å². The molecule has 0 amide bonds. The number of hydrogen-bond acceptors (Lipinski definition) is 8. The van der Waals surface area contributed by atoms with Crippen molar-refractivity contribution in [3.8, 4) is 22.9 Å². The van der Waals surface area contributed by atoms with Crippen molar-refractivity contribution in [2.24, 2.45) is 0 Å². The zero-order chi connectivity index (χ0) is 19.2. The first-order valence-corrected chi connectivity index (χ1v) is 8.95. The SMILES string of the molecule is COc1ccc(C(=O)CSc2nnnn2-c2cc(OC)cc(OC)c2)cc1. The number of methoxy groups -OCH3 is 3. The van der Waals surface area contributed by atoms with Crippen LogP contribution >= 0.6 is 11.8 Å². The van der Waals surface area contributed by atoms with Crippen molar-refractivity contribution in [2.75, 3.05) is 27.1 Å². The summed E-state index contributed by atoms with van der Waals surface area (Å²) in [5.74, 6) is 2.11. The molecule has 140 valence electrons. The molecule has 0 aliphatic rings. The molecule has 27 heavy (non-hydrogen) atoms. The van der Waals surface area contributed by atoms with Crippen LogP contribution in [-0.2, 0) is 0 Å². The maximum absolute atomic E-state index is 12.4. The number of rotatable bonds is 8. The summed E-state index contributed by atoms with van der Waals surface area (Å²) in [5, 5.41) is 12.2. The largest absolute Gasteiger partial charge is 0.497 e. The first-order chi connectivity index (χ1) is 13.1. The van der Waals surface area contributed by atoms with E-state index in [1.165, 1.54) is 16.4 Å². The third-order valence-corrected chi connectivity index (χ3v) is 4.69. The Balaban J connectivity index is 1.76. The number of Topliss-reactive ketones (excluding diaryl/α,β-unsaturated/α-hetero) is 1. The van der Waals surface area contributed by atoms with Gasteiger partial charge >= 0.3 is 0 Å². The molecule has 3 aromatic rings. The van der Waals surface area contributed by atoms with Crippen molar-refractivity contribution < 1.29 is 19.0 Å². The molecule has 0 radical (unpaired) electrons. The Morgan fingerprint density at radius 1 is 0.963 bits per heavy atom. The van der Waals surface area contributed by atoms with Crippen LogP contribution in [-0.4, -0.2) is 53.1 Å². The summed E-state index contributed by atoms with van der Waals surface area (Å²) < 4.78 is 17.2. The third kappa shape index (κ3) is 4.37. The summed E-state index contributed by atoms with van der Waals surface area (Å²) >= 11 is 1.25. The third-order valence-electron chi connectivity index (χ3n) is 3.77. The Labute approximate surface area is 160 Å². The average molecular weight is 386 g/mol. The van der Waals surface area contributed by atoms with Gasteiger partial charge in [-0.05, 0) is 34.7 Å². The van der Waals surface area contributed by atoms with E-state index in [1.54, 1.807) is 63.8 Å². The molecule has 0 saturated carbocycles. The molecule has 2 aromatic carbocycles. The fourth-order valence-corrected chi connectivity index (χ4v) is 3.12. The Morgan fingerprint density at radius 2 is 1.59 bits per heavy atom. The van der Waals surface area contributed by atoms with Gasteiger partial charge in [-0.15, -0.1) is 5.10 Å². The van der Waals surface area contributed by atoms with Gasteiger partial charge in [-0.1, -0.05) is 11.8 Å². The number of thioether (sulfide) groups is 1. The molecule has 3 rings (SSSR count). The van der Waals surface area contributed by atoms with Crippen molar-refractivity contribution in [3.05, 3.63) is 48.0 Å². The van der Waals surface area contributed by atoms with Gasteiger partial charge < -0.3 is 14.2 Å². The zero-order valence-electron chi connectivity index (χ0n) is 15.1. The predicted molar refractivity (Wildman–Crippen MR) is 100 cm³/mol. The van der Waals surface area contributed by atoms with Crippen molar-refractivity contribution in [3.63, 3.8) is 0 Å². The van der Waals surface area contributed by atoms with Gasteiger partial charge in [-0.25, -0.2) is 0 Å². The van der Waals surface area contributed by atoms with Crippen molar-refractivity contribution >= 4 is 17.5 Å². The highest BCUT2D eigenvalue weighted by atomic mass is 32.2. The Morgan fingerprint density at radius 3 is 2.19 bits per heavy atom. The number of carbonyl (C=O) groups is 1. The summed E-state index contributed by atoms with van der Waals surface area (Å²) in [6.45, 7) is 0. The predicted octanol–water partition coefficient (Wildman–Crippen LogP) is 2.66. The lowest BCUT2D eigenvalue weighted by molar-refractivity contribution is 0.102. The standard InChI is InChI=1S/C18H18N4O4S/c1-24-14-6-4-12(5-7-14)17(23)11-27-18-19-20-21-22(18)13-8-15(25-2)10-16(9-13)26-3/h4-10H,11H2,1-3H3. The second-order valence-electron chi connectivity index (χ2n) is 5.38. The minimum atomic E-state index is -0.0274. The fourth-order valence-electron chi connectivity index (χ4n) is 2.34. The van der Waals surface area contributed by atoms with Crippen LogP contribution in [0.3, 0.4) is 0 Å². The normalized spacial score (nSPS) is 10.5. The summed E-state index contributed by atoms with van der Waals surface area (Å²) in [5.41, 5.74) is 1.28. The van der Waals surface area contributed by atoms with Crippen LogP contribution in [0.2, 0.25) is 0 Å². The Hall–Kier alpha value is -3.07. The van der Waals surface area contributed by atoms with E-state index in [4.69, 9.17) is 14.2 Å². The average Bonchev–Trinajstić information content (AvgIpc) is 3.20. The summed E-state index contributed by atoms with van der Waals surface area (Å²) in [6.07, 6.45) is 0. The minimum absolute atomic E-state index is 0.0274. The fraction of sp³-hybridized carbons (Fsp3) is 0.222. The maximum atomic E-state index is 12.4. The molecule has 9 heteroatoms. The molecule has 0 N–H and O–H groups in total. The van der Waals surface area contributed by atoms with Gasteiger partial charge in [0.25, 0.3) is 0 Å². The molecule has 0 aliphatic carbocycles.